The molecule has 1 aliphatic heterocycles. The van der Waals surface area contributed by atoms with Crippen LogP contribution in [-0.2, 0) is 17.6 Å². The number of likely N-dealkylation sites (tertiary alicyclic amines) is 1. The molecule has 1 aliphatic carbocycles. The van der Waals surface area contributed by atoms with Gasteiger partial charge in [-0.1, -0.05) is 30.2 Å². The molecule has 1 aromatic heterocycles. The number of anilines is 1. The molecule has 6 heteroatoms. The maximum atomic E-state index is 12.7. The number of amides is 1. The predicted octanol–water partition coefficient (Wildman–Crippen LogP) is 2.56. The number of ether oxygens (including phenoxy) is 1. The summed E-state index contributed by atoms with van der Waals surface area (Å²) >= 11 is 0. The summed E-state index contributed by atoms with van der Waals surface area (Å²) in [5.41, 5.74) is 3.29. The van der Waals surface area contributed by atoms with Gasteiger partial charge in [-0.25, -0.2) is 9.97 Å². The highest BCUT2D eigenvalue weighted by molar-refractivity contribution is 5.93. The molecule has 6 nitrogen and oxygen atoms in total. The molecule has 0 saturated carbocycles. The molecular weight excluding hydrogens is 364 g/mol. The highest BCUT2D eigenvalue weighted by Gasteiger charge is 2.25. The Balaban J connectivity index is 1.27. The minimum Gasteiger partial charge on any atom is -0.369 e. The van der Waals surface area contributed by atoms with Gasteiger partial charge in [-0.2, -0.15) is 0 Å². The summed E-state index contributed by atoms with van der Waals surface area (Å²) < 4.78 is 5.42. The summed E-state index contributed by atoms with van der Waals surface area (Å²) in [5, 5.41) is 3.39. The number of carbonyl (C=O) groups excluding carboxylic acids is 1. The third kappa shape index (κ3) is 4.75. The van der Waals surface area contributed by atoms with Crippen LogP contribution in [-0.4, -0.2) is 53.1 Å². The van der Waals surface area contributed by atoms with Crippen LogP contribution < -0.4 is 5.32 Å². The monoisotopic (exact) mass is 390 g/mol. The Kier molecular flexibility index (Phi) is 6.06. The molecule has 1 aromatic carbocycles. The lowest BCUT2D eigenvalue weighted by Crippen LogP contribution is -2.39. The SMILES string of the molecule is C#CCOCC1CCN(C(=O)c2cnc(NC3Cc4ccccc4C3)nc2)CC1. The molecule has 4 rings (SSSR count). The average Bonchev–Trinajstić information content (AvgIpc) is 3.17. The van der Waals surface area contributed by atoms with Crippen LogP contribution in [0.1, 0.15) is 34.3 Å². The van der Waals surface area contributed by atoms with Gasteiger partial charge in [0.25, 0.3) is 5.91 Å². The fourth-order valence-corrected chi connectivity index (χ4v) is 4.13. The quantitative estimate of drug-likeness (QED) is 0.607. The molecule has 1 N–H and O–H groups in total. The first-order valence-electron chi connectivity index (χ1n) is 10.2. The number of fused-ring (bicyclic) bond motifs is 1. The van der Waals surface area contributed by atoms with E-state index in [1.807, 2.05) is 4.90 Å². The second-order valence-electron chi connectivity index (χ2n) is 7.77. The van der Waals surface area contributed by atoms with E-state index in [1.54, 1.807) is 12.4 Å². The van der Waals surface area contributed by atoms with Crippen molar-refractivity contribution in [3.8, 4) is 12.3 Å². The molecule has 1 amide bonds. The normalized spacial score (nSPS) is 17.0. The van der Waals surface area contributed by atoms with Crippen LogP contribution in [0.2, 0.25) is 0 Å². The zero-order valence-electron chi connectivity index (χ0n) is 16.5. The number of benzene rings is 1. The van der Waals surface area contributed by atoms with E-state index in [0.29, 0.717) is 36.7 Å². The Hall–Kier alpha value is -2.91. The zero-order valence-corrected chi connectivity index (χ0v) is 16.5. The van der Waals surface area contributed by atoms with E-state index in [9.17, 15) is 4.79 Å². The number of hydrogen-bond donors (Lipinski definition) is 1. The van der Waals surface area contributed by atoms with E-state index in [-0.39, 0.29) is 5.91 Å². The highest BCUT2D eigenvalue weighted by Crippen LogP contribution is 2.24. The molecule has 0 unspecified atom stereocenters. The Morgan fingerprint density at radius 1 is 1.17 bits per heavy atom. The number of piperidine rings is 1. The van der Waals surface area contributed by atoms with E-state index in [1.165, 1.54) is 11.1 Å². The van der Waals surface area contributed by atoms with Gasteiger partial charge in [-0.15, -0.1) is 6.42 Å². The standard InChI is InChI=1S/C23H26N4O2/c1-2-11-29-16-17-7-9-27(10-8-17)22(28)20-14-24-23(25-15-20)26-21-12-18-5-3-4-6-19(18)13-21/h1,3-6,14-15,17,21H,7-13,16H2,(H,24,25,26). The van der Waals surface area contributed by atoms with Gasteiger partial charge >= 0.3 is 0 Å². The number of carbonyl (C=O) groups is 1. The number of nitrogens with one attached hydrogen (secondary N) is 1. The van der Waals surface area contributed by atoms with Gasteiger partial charge in [0.2, 0.25) is 5.95 Å². The lowest BCUT2D eigenvalue weighted by Gasteiger charge is -2.31. The predicted molar refractivity (Wildman–Crippen MR) is 112 cm³/mol. The fraction of sp³-hybridized carbons (Fsp3) is 0.435. The summed E-state index contributed by atoms with van der Waals surface area (Å²) in [4.78, 5) is 23.4. The Labute approximate surface area is 171 Å². The number of rotatable bonds is 6. The summed E-state index contributed by atoms with van der Waals surface area (Å²) in [6.45, 7) is 2.47. The van der Waals surface area contributed by atoms with E-state index in [2.05, 4.69) is 45.5 Å². The molecule has 1 saturated heterocycles. The fourth-order valence-electron chi connectivity index (χ4n) is 4.13. The van der Waals surface area contributed by atoms with E-state index < -0.39 is 0 Å². The molecule has 2 heterocycles. The van der Waals surface area contributed by atoms with Crippen molar-refractivity contribution in [1.29, 1.82) is 0 Å². The zero-order chi connectivity index (χ0) is 20.1. The maximum absolute atomic E-state index is 12.7. The van der Waals surface area contributed by atoms with Crippen LogP contribution in [0.3, 0.4) is 0 Å². The smallest absolute Gasteiger partial charge is 0.256 e. The Morgan fingerprint density at radius 2 is 1.83 bits per heavy atom. The minimum absolute atomic E-state index is 0.00665. The van der Waals surface area contributed by atoms with Gasteiger partial charge in [0.1, 0.15) is 6.61 Å². The van der Waals surface area contributed by atoms with Crippen LogP contribution >= 0.6 is 0 Å². The van der Waals surface area contributed by atoms with Crippen molar-refractivity contribution in [3.63, 3.8) is 0 Å². The maximum Gasteiger partial charge on any atom is 0.256 e. The van der Waals surface area contributed by atoms with Gasteiger partial charge in [0.15, 0.2) is 0 Å². The molecule has 150 valence electrons. The summed E-state index contributed by atoms with van der Waals surface area (Å²) in [5.74, 6) is 3.51. The van der Waals surface area contributed by atoms with Crippen molar-refractivity contribution in [2.75, 3.05) is 31.6 Å². The second kappa shape index (κ2) is 9.06. The first kappa shape index (κ1) is 19.4. The molecule has 0 bridgehead atoms. The van der Waals surface area contributed by atoms with Crippen LogP contribution in [0.5, 0.6) is 0 Å². The summed E-state index contributed by atoms with van der Waals surface area (Å²) in [6.07, 6.45) is 12.3. The van der Waals surface area contributed by atoms with Crippen molar-refractivity contribution >= 4 is 11.9 Å². The third-order valence-electron chi connectivity index (χ3n) is 5.72. The minimum atomic E-state index is -0.00665. The van der Waals surface area contributed by atoms with Crippen molar-refractivity contribution in [2.24, 2.45) is 5.92 Å². The first-order valence-corrected chi connectivity index (χ1v) is 10.2. The van der Waals surface area contributed by atoms with Crippen molar-refractivity contribution in [2.45, 2.75) is 31.7 Å². The van der Waals surface area contributed by atoms with Crippen molar-refractivity contribution in [3.05, 3.63) is 53.3 Å². The van der Waals surface area contributed by atoms with Crippen LogP contribution in [0, 0.1) is 18.3 Å². The molecule has 29 heavy (non-hydrogen) atoms. The van der Waals surface area contributed by atoms with E-state index in [4.69, 9.17) is 11.2 Å². The van der Waals surface area contributed by atoms with Crippen LogP contribution in [0.25, 0.3) is 0 Å². The Bertz CT molecular complexity index is 857. The number of terminal acetylenes is 1. The topological polar surface area (TPSA) is 67.3 Å². The number of hydrogen-bond acceptors (Lipinski definition) is 5. The molecule has 0 atom stereocenters. The number of aromatic nitrogens is 2. The molecule has 2 aliphatic rings. The van der Waals surface area contributed by atoms with E-state index >= 15 is 0 Å². The second-order valence-corrected chi connectivity index (χ2v) is 7.77. The van der Waals surface area contributed by atoms with Crippen molar-refractivity contribution < 1.29 is 9.53 Å². The third-order valence-corrected chi connectivity index (χ3v) is 5.72. The van der Waals surface area contributed by atoms with Gasteiger partial charge in [-0.3, -0.25) is 4.79 Å². The van der Waals surface area contributed by atoms with E-state index in [0.717, 1.165) is 38.8 Å². The number of nitrogens with zero attached hydrogens (tertiary/aromatic N) is 3. The molecular formula is C23H26N4O2. The lowest BCUT2D eigenvalue weighted by molar-refractivity contribution is 0.0581. The van der Waals surface area contributed by atoms with Gasteiger partial charge in [0, 0.05) is 31.5 Å². The molecule has 0 spiro atoms. The van der Waals surface area contributed by atoms with Crippen molar-refractivity contribution in [1.82, 2.24) is 14.9 Å². The van der Waals surface area contributed by atoms with Gasteiger partial charge < -0.3 is 15.0 Å². The molecule has 0 radical (unpaired) electrons. The summed E-state index contributed by atoms with van der Waals surface area (Å²) in [7, 11) is 0. The lowest BCUT2D eigenvalue weighted by atomic mass is 9.97. The molecule has 2 aromatic rings. The van der Waals surface area contributed by atoms with Gasteiger partial charge in [-0.05, 0) is 42.7 Å². The first-order chi connectivity index (χ1) is 14.2. The van der Waals surface area contributed by atoms with Crippen LogP contribution in [0.4, 0.5) is 5.95 Å². The largest absolute Gasteiger partial charge is 0.369 e. The molecule has 1 fully saturated rings. The Morgan fingerprint density at radius 3 is 2.45 bits per heavy atom. The summed E-state index contributed by atoms with van der Waals surface area (Å²) in [6, 6.07) is 8.79. The average molecular weight is 390 g/mol. The van der Waals surface area contributed by atoms with Crippen LogP contribution in [0.15, 0.2) is 36.7 Å². The highest BCUT2D eigenvalue weighted by atomic mass is 16.5. The van der Waals surface area contributed by atoms with Gasteiger partial charge in [0.05, 0.1) is 12.2 Å².